The first-order valence-corrected chi connectivity index (χ1v) is 11.9. The zero-order chi connectivity index (χ0) is 22.4. The highest BCUT2D eigenvalue weighted by molar-refractivity contribution is 8.00. The standard InChI is InChI=1S/C24H23N5O3S/c1-14(23(30)26-15-6-9-20-21(12-15)32-11-10-31-20)33-24-28-27-22(29(24)16-7-8-16)18-13-25-19-5-3-2-4-17(18)19/h2-6,9,12-14,16,25H,7-8,10-11H2,1H3,(H,26,30)/t14-/m0/s1. The highest BCUT2D eigenvalue weighted by Crippen LogP contribution is 2.43. The number of benzene rings is 2. The first-order valence-electron chi connectivity index (χ1n) is 11.1. The fourth-order valence-electron chi connectivity index (χ4n) is 4.04. The van der Waals surface area contributed by atoms with Gasteiger partial charge in [0.15, 0.2) is 22.5 Å². The fourth-order valence-corrected chi connectivity index (χ4v) is 4.96. The van der Waals surface area contributed by atoms with Gasteiger partial charge in [-0.1, -0.05) is 30.0 Å². The van der Waals surface area contributed by atoms with Crippen LogP contribution in [0.15, 0.2) is 53.8 Å². The third-order valence-electron chi connectivity index (χ3n) is 5.87. The fraction of sp³-hybridized carbons (Fsp3) is 0.292. The van der Waals surface area contributed by atoms with E-state index in [4.69, 9.17) is 9.47 Å². The summed E-state index contributed by atoms with van der Waals surface area (Å²) in [5.41, 5.74) is 2.78. The second-order valence-corrected chi connectivity index (χ2v) is 9.57. The number of amides is 1. The molecular formula is C24H23N5O3S. The van der Waals surface area contributed by atoms with E-state index in [2.05, 4.69) is 37.2 Å². The van der Waals surface area contributed by atoms with Crippen LogP contribution in [-0.2, 0) is 4.79 Å². The van der Waals surface area contributed by atoms with Crippen molar-refractivity contribution in [3.63, 3.8) is 0 Å². The molecule has 33 heavy (non-hydrogen) atoms. The van der Waals surface area contributed by atoms with Gasteiger partial charge in [-0.05, 0) is 38.0 Å². The minimum Gasteiger partial charge on any atom is -0.486 e. The van der Waals surface area contributed by atoms with Crippen LogP contribution >= 0.6 is 11.8 Å². The Morgan fingerprint density at radius 2 is 1.97 bits per heavy atom. The number of fused-ring (bicyclic) bond motifs is 2. The summed E-state index contributed by atoms with van der Waals surface area (Å²) in [4.78, 5) is 16.2. The highest BCUT2D eigenvalue weighted by Gasteiger charge is 2.32. The molecule has 0 saturated heterocycles. The number of rotatable bonds is 6. The molecule has 1 saturated carbocycles. The number of nitrogens with zero attached hydrogens (tertiary/aromatic N) is 3. The molecule has 0 unspecified atom stereocenters. The number of carbonyl (C=O) groups excluding carboxylic acids is 1. The lowest BCUT2D eigenvalue weighted by atomic mass is 10.1. The quantitative estimate of drug-likeness (QED) is 0.406. The Morgan fingerprint density at radius 3 is 2.82 bits per heavy atom. The summed E-state index contributed by atoms with van der Waals surface area (Å²) in [5.74, 6) is 2.09. The first kappa shape index (κ1) is 20.2. The first-order chi connectivity index (χ1) is 16.2. The summed E-state index contributed by atoms with van der Waals surface area (Å²) in [7, 11) is 0. The van der Waals surface area contributed by atoms with Crippen LogP contribution in [0.1, 0.15) is 25.8 Å². The van der Waals surface area contributed by atoms with Crippen LogP contribution in [0, 0.1) is 0 Å². The molecule has 0 bridgehead atoms. The number of thioether (sulfide) groups is 1. The van der Waals surface area contributed by atoms with Gasteiger partial charge in [-0.25, -0.2) is 0 Å². The summed E-state index contributed by atoms with van der Waals surface area (Å²) >= 11 is 1.43. The molecule has 4 aromatic rings. The molecule has 2 aromatic heterocycles. The lowest BCUT2D eigenvalue weighted by molar-refractivity contribution is -0.115. The Labute approximate surface area is 194 Å². The van der Waals surface area contributed by atoms with Crippen LogP contribution in [0.3, 0.4) is 0 Å². The van der Waals surface area contributed by atoms with E-state index in [0.29, 0.717) is 36.4 Å². The highest BCUT2D eigenvalue weighted by atomic mass is 32.2. The van der Waals surface area contributed by atoms with Crippen LogP contribution in [0.2, 0.25) is 0 Å². The van der Waals surface area contributed by atoms with E-state index in [1.54, 1.807) is 6.07 Å². The van der Waals surface area contributed by atoms with Gasteiger partial charge in [0, 0.05) is 40.5 Å². The molecule has 1 aliphatic heterocycles. The van der Waals surface area contributed by atoms with Gasteiger partial charge in [-0.2, -0.15) is 0 Å². The maximum atomic E-state index is 12.9. The number of H-pyrrole nitrogens is 1. The predicted octanol–water partition coefficient (Wildman–Crippen LogP) is 4.65. The number of nitrogens with one attached hydrogen (secondary N) is 2. The molecule has 2 aromatic carbocycles. The zero-order valence-corrected chi connectivity index (χ0v) is 18.9. The molecule has 2 N–H and O–H groups in total. The van der Waals surface area contributed by atoms with Gasteiger partial charge < -0.3 is 19.8 Å². The van der Waals surface area contributed by atoms with Crippen molar-refractivity contribution < 1.29 is 14.3 Å². The van der Waals surface area contributed by atoms with Gasteiger partial charge in [0.1, 0.15) is 13.2 Å². The third-order valence-corrected chi connectivity index (χ3v) is 6.92. The van der Waals surface area contributed by atoms with Gasteiger partial charge in [0.25, 0.3) is 0 Å². The van der Waals surface area contributed by atoms with Gasteiger partial charge in [0.2, 0.25) is 5.91 Å². The number of ether oxygens (including phenoxy) is 2. The SMILES string of the molecule is C[C@H](Sc1nnc(-c2c[nH]c3ccccc23)n1C1CC1)C(=O)Nc1ccc2c(c1)OCCO2. The topological polar surface area (TPSA) is 94.1 Å². The van der Waals surface area contributed by atoms with E-state index in [0.717, 1.165) is 40.3 Å². The van der Waals surface area contributed by atoms with Crippen molar-refractivity contribution in [2.24, 2.45) is 0 Å². The van der Waals surface area contributed by atoms with E-state index in [9.17, 15) is 4.79 Å². The number of anilines is 1. The average molecular weight is 462 g/mol. The Morgan fingerprint density at radius 1 is 1.15 bits per heavy atom. The third kappa shape index (κ3) is 3.82. The number of hydrogen-bond donors (Lipinski definition) is 2. The number of para-hydroxylation sites is 1. The summed E-state index contributed by atoms with van der Waals surface area (Å²) < 4.78 is 13.4. The molecule has 2 aliphatic rings. The monoisotopic (exact) mass is 461 g/mol. The molecule has 1 amide bonds. The van der Waals surface area contributed by atoms with Crippen LogP contribution in [0.5, 0.6) is 11.5 Å². The van der Waals surface area contributed by atoms with Crippen molar-refractivity contribution in [2.75, 3.05) is 18.5 Å². The lowest BCUT2D eigenvalue weighted by Crippen LogP contribution is -2.23. The molecule has 8 nitrogen and oxygen atoms in total. The summed E-state index contributed by atoms with van der Waals surface area (Å²) in [6.45, 7) is 2.93. The van der Waals surface area contributed by atoms with Crippen molar-refractivity contribution >= 4 is 34.3 Å². The number of hydrogen-bond acceptors (Lipinski definition) is 6. The van der Waals surface area contributed by atoms with E-state index < -0.39 is 0 Å². The largest absolute Gasteiger partial charge is 0.486 e. The van der Waals surface area contributed by atoms with Crippen molar-refractivity contribution in [1.29, 1.82) is 0 Å². The second-order valence-electron chi connectivity index (χ2n) is 8.26. The second kappa shape index (κ2) is 8.15. The van der Waals surface area contributed by atoms with Gasteiger partial charge in [-0.3, -0.25) is 9.36 Å². The maximum absolute atomic E-state index is 12.9. The molecule has 0 spiro atoms. The number of aromatic amines is 1. The molecule has 3 heterocycles. The van der Waals surface area contributed by atoms with Gasteiger partial charge >= 0.3 is 0 Å². The van der Waals surface area contributed by atoms with Gasteiger partial charge in [-0.15, -0.1) is 10.2 Å². The van der Waals surface area contributed by atoms with Crippen molar-refractivity contribution in [2.45, 2.75) is 36.2 Å². The Hall–Kier alpha value is -3.46. The Kier molecular flexibility index (Phi) is 4.98. The summed E-state index contributed by atoms with van der Waals surface area (Å²) in [6, 6.07) is 14.0. The summed E-state index contributed by atoms with van der Waals surface area (Å²) in [5, 5.41) is 13.5. The van der Waals surface area contributed by atoms with Gasteiger partial charge in [0.05, 0.1) is 5.25 Å². The zero-order valence-electron chi connectivity index (χ0n) is 18.1. The summed E-state index contributed by atoms with van der Waals surface area (Å²) in [6.07, 6.45) is 4.18. The van der Waals surface area contributed by atoms with E-state index >= 15 is 0 Å². The molecule has 1 atom stereocenters. The van der Waals surface area contributed by atoms with Crippen molar-refractivity contribution in [3.05, 3.63) is 48.7 Å². The number of aromatic nitrogens is 4. The molecule has 168 valence electrons. The average Bonchev–Trinajstić information content (AvgIpc) is 3.45. The molecular weight excluding hydrogens is 438 g/mol. The molecule has 1 fully saturated rings. The number of carbonyl (C=O) groups is 1. The van der Waals surface area contributed by atoms with Crippen molar-refractivity contribution in [1.82, 2.24) is 19.7 Å². The normalized spacial score (nSPS) is 16.0. The van der Waals surface area contributed by atoms with Crippen LogP contribution in [0.4, 0.5) is 5.69 Å². The van der Waals surface area contributed by atoms with Crippen LogP contribution in [-0.4, -0.2) is 44.1 Å². The van der Waals surface area contributed by atoms with E-state index in [1.807, 2.05) is 37.4 Å². The van der Waals surface area contributed by atoms with E-state index in [-0.39, 0.29) is 11.2 Å². The molecule has 1 aliphatic carbocycles. The molecule has 0 radical (unpaired) electrons. The minimum atomic E-state index is -0.351. The minimum absolute atomic E-state index is 0.101. The Balaban J connectivity index is 1.23. The van der Waals surface area contributed by atoms with E-state index in [1.165, 1.54) is 11.8 Å². The molecule has 6 rings (SSSR count). The smallest absolute Gasteiger partial charge is 0.237 e. The van der Waals surface area contributed by atoms with Crippen LogP contribution in [0.25, 0.3) is 22.3 Å². The molecule has 9 heteroatoms. The van der Waals surface area contributed by atoms with Crippen molar-refractivity contribution in [3.8, 4) is 22.9 Å². The predicted molar refractivity (Wildman–Crippen MR) is 127 cm³/mol. The van der Waals surface area contributed by atoms with Crippen LogP contribution < -0.4 is 14.8 Å². The lowest BCUT2D eigenvalue weighted by Gasteiger charge is -2.19. The Bertz CT molecular complexity index is 1340. The maximum Gasteiger partial charge on any atom is 0.237 e.